The topological polar surface area (TPSA) is 100 Å². The summed E-state index contributed by atoms with van der Waals surface area (Å²) in [7, 11) is 0. The molecule has 1 aliphatic carbocycles. The normalized spacial score (nSPS) is 25.4. The number of fused-ring (bicyclic) bond motifs is 1. The van der Waals surface area contributed by atoms with Crippen LogP contribution in [0, 0.1) is 11.3 Å². The highest BCUT2D eigenvalue weighted by Crippen LogP contribution is 2.59. The van der Waals surface area contributed by atoms with Gasteiger partial charge in [0.25, 0.3) is 5.91 Å². The second-order valence-corrected chi connectivity index (χ2v) is 11.2. The SMILES string of the molecule is C=N/C(N)=C(\C=C(/C)c1ccc([C@]23C[C@H]2CN(C2CCOCC2)C3)cc1)C(=O)NCC(CC)(CC)CO. The number of aliphatic hydroxyl groups is 1. The number of amides is 1. The maximum atomic E-state index is 13.1. The van der Waals surface area contributed by atoms with Gasteiger partial charge in [-0.1, -0.05) is 38.1 Å². The highest BCUT2D eigenvalue weighted by molar-refractivity contribution is 5.98. The van der Waals surface area contributed by atoms with Gasteiger partial charge in [-0.05, 0) is 74.4 Å². The van der Waals surface area contributed by atoms with Crippen molar-refractivity contribution in [1.29, 1.82) is 0 Å². The molecule has 202 valence electrons. The van der Waals surface area contributed by atoms with E-state index in [1.54, 1.807) is 6.08 Å². The summed E-state index contributed by atoms with van der Waals surface area (Å²) in [4.78, 5) is 19.6. The van der Waals surface area contributed by atoms with Crippen molar-refractivity contribution >= 4 is 18.2 Å². The molecule has 0 unspecified atom stereocenters. The molecule has 1 aromatic rings. The first kappa shape index (κ1) is 27.6. The lowest BCUT2D eigenvalue weighted by molar-refractivity contribution is -0.117. The van der Waals surface area contributed by atoms with E-state index in [9.17, 15) is 9.90 Å². The average Bonchev–Trinajstić information content (AvgIpc) is 3.52. The number of nitrogens with two attached hydrogens (primary N) is 1. The summed E-state index contributed by atoms with van der Waals surface area (Å²) in [5, 5.41) is 12.8. The first-order valence-corrected chi connectivity index (χ1v) is 13.8. The number of carbonyl (C=O) groups is 1. The lowest BCUT2D eigenvalue weighted by Gasteiger charge is -2.33. The third-order valence-electron chi connectivity index (χ3n) is 9.31. The number of rotatable bonds is 11. The fraction of sp³-hybridized carbons (Fsp3) is 0.600. The number of nitrogens with zero attached hydrogens (tertiary/aromatic N) is 2. The monoisotopic (exact) mass is 508 g/mol. The van der Waals surface area contributed by atoms with E-state index in [4.69, 9.17) is 10.5 Å². The maximum Gasteiger partial charge on any atom is 0.255 e. The third-order valence-corrected chi connectivity index (χ3v) is 9.31. The van der Waals surface area contributed by atoms with Crippen LogP contribution in [0.4, 0.5) is 0 Å². The van der Waals surface area contributed by atoms with Crippen molar-refractivity contribution in [3.05, 3.63) is 52.9 Å². The van der Waals surface area contributed by atoms with E-state index < -0.39 is 0 Å². The molecular weight excluding hydrogens is 464 g/mol. The largest absolute Gasteiger partial charge is 0.396 e. The molecule has 2 heterocycles. The van der Waals surface area contributed by atoms with Crippen LogP contribution in [0.5, 0.6) is 0 Å². The maximum absolute atomic E-state index is 13.1. The molecule has 3 fully saturated rings. The minimum absolute atomic E-state index is 0.0188. The van der Waals surface area contributed by atoms with Crippen LogP contribution in [0.1, 0.15) is 64.0 Å². The lowest BCUT2D eigenvalue weighted by atomic mass is 9.83. The summed E-state index contributed by atoms with van der Waals surface area (Å²) >= 11 is 0. The van der Waals surface area contributed by atoms with E-state index in [0.717, 1.165) is 62.5 Å². The fourth-order valence-corrected chi connectivity index (χ4v) is 6.15. The zero-order valence-electron chi connectivity index (χ0n) is 22.8. The zero-order chi connectivity index (χ0) is 26.6. The number of carbonyl (C=O) groups excluding carboxylic acids is 1. The summed E-state index contributed by atoms with van der Waals surface area (Å²) in [6.45, 7) is 14.1. The summed E-state index contributed by atoms with van der Waals surface area (Å²) in [5.41, 5.74) is 9.72. The minimum Gasteiger partial charge on any atom is -0.396 e. The van der Waals surface area contributed by atoms with Crippen LogP contribution in [-0.2, 0) is 14.9 Å². The smallest absolute Gasteiger partial charge is 0.255 e. The molecule has 4 N–H and O–H groups in total. The van der Waals surface area contributed by atoms with Crippen LogP contribution in [0.25, 0.3) is 5.57 Å². The number of ether oxygens (including phenoxy) is 1. The van der Waals surface area contributed by atoms with Crippen LogP contribution in [-0.4, -0.2) is 68.1 Å². The molecule has 0 bridgehead atoms. The molecule has 4 rings (SSSR count). The quantitative estimate of drug-likeness (QED) is 0.241. The number of nitrogens with one attached hydrogen (secondary N) is 1. The second kappa shape index (κ2) is 11.5. The van der Waals surface area contributed by atoms with Crippen molar-refractivity contribution in [2.75, 3.05) is 39.5 Å². The Labute approximate surface area is 221 Å². The van der Waals surface area contributed by atoms with Crippen LogP contribution in [0.15, 0.2) is 46.7 Å². The van der Waals surface area contributed by atoms with Crippen LogP contribution < -0.4 is 11.1 Å². The number of hydrogen-bond donors (Lipinski definition) is 3. The number of likely N-dealkylation sites (tertiary alicyclic amines) is 1. The van der Waals surface area contributed by atoms with Gasteiger partial charge >= 0.3 is 0 Å². The number of allylic oxidation sites excluding steroid dienone is 1. The molecule has 7 heteroatoms. The predicted octanol–water partition coefficient (Wildman–Crippen LogP) is 3.63. The predicted molar refractivity (Wildman–Crippen MR) is 149 cm³/mol. The van der Waals surface area contributed by atoms with Crippen molar-refractivity contribution in [1.82, 2.24) is 10.2 Å². The number of piperidine rings is 1. The number of aliphatic hydroxyl groups excluding tert-OH is 1. The van der Waals surface area contributed by atoms with E-state index in [1.807, 2.05) is 20.8 Å². The molecule has 2 aliphatic heterocycles. The molecule has 0 radical (unpaired) electrons. The minimum atomic E-state index is -0.341. The Hall–Kier alpha value is -2.48. The second-order valence-electron chi connectivity index (χ2n) is 11.2. The Morgan fingerprint density at radius 1 is 1.30 bits per heavy atom. The van der Waals surface area contributed by atoms with Crippen molar-refractivity contribution in [3.63, 3.8) is 0 Å². The Bertz CT molecular complexity index is 1030. The molecule has 2 saturated heterocycles. The Morgan fingerprint density at radius 2 is 1.97 bits per heavy atom. The van der Waals surface area contributed by atoms with Gasteiger partial charge in [0.15, 0.2) is 0 Å². The highest BCUT2D eigenvalue weighted by atomic mass is 16.5. The van der Waals surface area contributed by atoms with Gasteiger partial charge in [0.05, 0.1) is 12.2 Å². The zero-order valence-corrected chi connectivity index (χ0v) is 22.8. The third kappa shape index (κ3) is 5.69. The van der Waals surface area contributed by atoms with Gasteiger partial charge in [-0.15, -0.1) is 0 Å². The van der Waals surface area contributed by atoms with Crippen LogP contribution in [0.2, 0.25) is 0 Å². The van der Waals surface area contributed by atoms with E-state index in [1.165, 1.54) is 18.5 Å². The molecule has 0 spiro atoms. The number of aliphatic imine (C=N–C) groups is 1. The van der Waals surface area contributed by atoms with E-state index in [-0.39, 0.29) is 23.8 Å². The molecule has 1 aromatic carbocycles. The van der Waals surface area contributed by atoms with Crippen molar-refractivity contribution < 1.29 is 14.6 Å². The first-order valence-electron chi connectivity index (χ1n) is 13.8. The van der Waals surface area contributed by atoms with E-state index >= 15 is 0 Å². The molecule has 37 heavy (non-hydrogen) atoms. The molecule has 7 nitrogen and oxygen atoms in total. The highest BCUT2D eigenvalue weighted by Gasteiger charge is 2.61. The Balaban J connectivity index is 1.45. The van der Waals surface area contributed by atoms with Gasteiger partial charge in [-0.25, -0.2) is 4.99 Å². The summed E-state index contributed by atoms with van der Waals surface area (Å²) in [6, 6.07) is 9.49. The molecular formula is C30H44N4O3. The molecule has 3 aliphatic rings. The lowest BCUT2D eigenvalue weighted by Crippen LogP contribution is -2.40. The summed E-state index contributed by atoms with van der Waals surface area (Å²) < 4.78 is 5.56. The number of hydrogen-bond acceptors (Lipinski definition) is 6. The van der Waals surface area contributed by atoms with Gasteiger partial charge < -0.3 is 20.9 Å². The first-order chi connectivity index (χ1) is 17.8. The van der Waals surface area contributed by atoms with E-state index in [0.29, 0.717) is 23.6 Å². The van der Waals surface area contributed by atoms with Gasteiger partial charge in [0.1, 0.15) is 5.82 Å². The average molecular weight is 509 g/mol. The van der Waals surface area contributed by atoms with Gasteiger partial charge in [-0.3, -0.25) is 9.69 Å². The van der Waals surface area contributed by atoms with Gasteiger partial charge in [0, 0.05) is 49.7 Å². The molecule has 2 atom stereocenters. The number of benzene rings is 1. The van der Waals surface area contributed by atoms with Gasteiger partial charge in [0.2, 0.25) is 0 Å². The summed E-state index contributed by atoms with van der Waals surface area (Å²) in [6.07, 6.45) is 6.90. The molecule has 1 amide bonds. The Morgan fingerprint density at radius 3 is 2.57 bits per heavy atom. The standard InChI is InChI=1S/C30H44N4O3/c1-5-29(6-2,20-35)18-33-28(36)26(27(31)32-4)15-21(3)22-7-9-23(10-8-22)30-16-24(30)17-34(19-30)25-11-13-37-14-12-25/h7-10,15,24-25,35H,4-6,11-14,16-20,31H2,1-3H3,(H,33,36)/b21-15+,27-26+/t24-,30+/m0/s1. The van der Waals surface area contributed by atoms with E-state index in [2.05, 4.69) is 46.2 Å². The summed E-state index contributed by atoms with van der Waals surface area (Å²) in [5.74, 6) is 0.543. The van der Waals surface area contributed by atoms with Crippen molar-refractivity contribution in [3.8, 4) is 0 Å². The fourth-order valence-electron chi connectivity index (χ4n) is 6.15. The Kier molecular flexibility index (Phi) is 8.56. The van der Waals surface area contributed by atoms with Gasteiger partial charge in [-0.2, -0.15) is 0 Å². The van der Waals surface area contributed by atoms with Crippen LogP contribution in [0.3, 0.4) is 0 Å². The van der Waals surface area contributed by atoms with Crippen molar-refractivity contribution in [2.24, 2.45) is 22.1 Å². The van der Waals surface area contributed by atoms with Crippen LogP contribution >= 0.6 is 0 Å². The van der Waals surface area contributed by atoms with Crippen molar-refractivity contribution in [2.45, 2.75) is 64.3 Å². The molecule has 0 aromatic heterocycles. The molecule has 1 saturated carbocycles.